The van der Waals surface area contributed by atoms with Crippen molar-refractivity contribution in [3.63, 3.8) is 0 Å². The molecule has 0 saturated carbocycles. The molecule has 1 aromatic heterocycles. The van der Waals surface area contributed by atoms with E-state index in [0.717, 1.165) is 5.56 Å². The highest BCUT2D eigenvalue weighted by atomic mass is 32.2. The second-order valence-corrected chi connectivity index (χ2v) is 11.1. The molecule has 0 saturated heterocycles. The lowest BCUT2D eigenvalue weighted by Gasteiger charge is -2.18. The van der Waals surface area contributed by atoms with Crippen LogP contribution in [0, 0.1) is 0 Å². The number of amides is 1. The molecule has 4 rings (SSSR count). The number of fused-ring (bicyclic) bond motifs is 1. The topological polar surface area (TPSA) is 116 Å². The fourth-order valence-corrected chi connectivity index (χ4v) is 5.45. The number of benzene rings is 3. The third-order valence-corrected chi connectivity index (χ3v) is 7.47. The van der Waals surface area contributed by atoms with Crippen molar-refractivity contribution in [2.75, 3.05) is 12.3 Å². The minimum atomic E-state index is -3.62. The minimum absolute atomic E-state index is 0.0771. The van der Waals surface area contributed by atoms with Crippen LogP contribution in [0.15, 0.2) is 89.3 Å². The highest BCUT2D eigenvalue weighted by molar-refractivity contribution is 7.90. The van der Waals surface area contributed by atoms with Crippen molar-refractivity contribution >= 4 is 32.6 Å². The predicted octanol–water partition coefficient (Wildman–Crippen LogP) is 4.50. The molecule has 0 spiro atoms. The van der Waals surface area contributed by atoms with Gasteiger partial charge in [-0.05, 0) is 36.1 Å². The molecule has 0 aliphatic rings. The van der Waals surface area contributed by atoms with Crippen LogP contribution >= 0.6 is 0 Å². The van der Waals surface area contributed by atoms with Crippen LogP contribution in [0.4, 0.5) is 0 Å². The number of aromatic nitrogens is 1. The standard InChI is InChI=1S/C29H30N2O6S/c32-25(29-31-24-15-7-8-17-26(24)37-29)16-9-10-18-30-28(33)27(36-19-22-11-3-1-4-12-22)21-38(34,35)20-23-13-5-2-6-14-23/h1-8,11-15,17,27H,9-10,16,18-21H2,(H,30,33)/t27-/m0/s1. The lowest BCUT2D eigenvalue weighted by molar-refractivity contribution is -0.132. The second-order valence-electron chi connectivity index (χ2n) is 8.98. The number of carbonyl (C=O) groups excluding carboxylic acids is 2. The number of ketones is 1. The molecule has 1 amide bonds. The first kappa shape index (κ1) is 27.2. The number of para-hydroxylation sites is 2. The SMILES string of the molecule is O=C(CCCCNC(=O)[C@H](CS(=O)(=O)Cc1ccccc1)OCc1ccccc1)c1nc2ccccc2o1. The Kier molecular flexibility index (Phi) is 9.40. The van der Waals surface area contributed by atoms with E-state index < -0.39 is 27.6 Å². The quantitative estimate of drug-likeness (QED) is 0.187. The molecular formula is C29H30N2O6S. The highest BCUT2D eigenvalue weighted by Crippen LogP contribution is 2.17. The van der Waals surface area contributed by atoms with Crippen LogP contribution in [-0.2, 0) is 31.7 Å². The smallest absolute Gasteiger partial charge is 0.264 e. The molecule has 38 heavy (non-hydrogen) atoms. The summed E-state index contributed by atoms with van der Waals surface area (Å²) in [5, 5.41) is 2.76. The summed E-state index contributed by atoms with van der Waals surface area (Å²) >= 11 is 0. The van der Waals surface area contributed by atoms with Crippen molar-refractivity contribution in [2.24, 2.45) is 0 Å². The van der Waals surface area contributed by atoms with E-state index in [9.17, 15) is 18.0 Å². The zero-order chi connectivity index (χ0) is 26.8. The van der Waals surface area contributed by atoms with Crippen LogP contribution < -0.4 is 5.32 Å². The monoisotopic (exact) mass is 534 g/mol. The second kappa shape index (κ2) is 13.1. The van der Waals surface area contributed by atoms with Gasteiger partial charge >= 0.3 is 0 Å². The number of rotatable bonds is 14. The van der Waals surface area contributed by atoms with Gasteiger partial charge in [0.15, 0.2) is 21.5 Å². The third kappa shape index (κ3) is 8.09. The molecule has 1 heterocycles. The molecule has 3 aromatic carbocycles. The summed E-state index contributed by atoms with van der Waals surface area (Å²) in [5.41, 5.74) is 2.68. The molecule has 0 aliphatic heterocycles. The Bertz CT molecular complexity index is 1420. The normalized spacial score (nSPS) is 12.3. The molecule has 9 heteroatoms. The molecule has 8 nitrogen and oxygen atoms in total. The maximum absolute atomic E-state index is 12.9. The van der Waals surface area contributed by atoms with Gasteiger partial charge < -0.3 is 14.5 Å². The lowest BCUT2D eigenvalue weighted by Crippen LogP contribution is -2.41. The van der Waals surface area contributed by atoms with E-state index >= 15 is 0 Å². The number of unbranched alkanes of at least 4 members (excludes halogenated alkanes) is 1. The molecular weight excluding hydrogens is 504 g/mol. The number of nitrogens with zero attached hydrogens (tertiary/aromatic N) is 1. The van der Waals surface area contributed by atoms with E-state index in [1.165, 1.54) is 0 Å². The van der Waals surface area contributed by atoms with Crippen LogP contribution in [0.1, 0.15) is 41.1 Å². The number of ether oxygens (including phenoxy) is 1. The summed E-state index contributed by atoms with van der Waals surface area (Å²) in [4.78, 5) is 29.5. The number of oxazole rings is 1. The summed E-state index contributed by atoms with van der Waals surface area (Å²) < 4.78 is 37.0. The molecule has 0 radical (unpaired) electrons. The van der Waals surface area contributed by atoms with Gasteiger partial charge in [0.1, 0.15) is 5.52 Å². The largest absolute Gasteiger partial charge is 0.434 e. The van der Waals surface area contributed by atoms with Crippen LogP contribution in [0.2, 0.25) is 0 Å². The lowest BCUT2D eigenvalue weighted by atomic mass is 10.1. The number of Topliss-reactive ketones (excluding diaryl/α,β-unsaturated/α-hetero) is 1. The molecule has 1 N–H and O–H groups in total. The molecule has 4 aromatic rings. The van der Waals surface area contributed by atoms with E-state index in [1.54, 1.807) is 36.4 Å². The summed E-state index contributed by atoms with van der Waals surface area (Å²) in [7, 11) is -3.62. The number of hydrogen-bond acceptors (Lipinski definition) is 7. The first-order chi connectivity index (χ1) is 18.4. The van der Waals surface area contributed by atoms with Gasteiger partial charge in [-0.25, -0.2) is 13.4 Å². The Balaban J connectivity index is 1.28. The van der Waals surface area contributed by atoms with E-state index in [2.05, 4.69) is 10.3 Å². The van der Waals surface area contributed by atoms with Gasteiger partial charge in [-0.3, -0.25) is 9.59 Å². The maximum Gasteiger partial charge on any atom is 0.264 e. The van der Waals surface area contributed by atoms with Gasteiger partial charge in [0.25, 0.3) is 5.89 Å². The van der Waals surface area contributed by atoms with E-state index in [-0.39, 0.29) is 37.0 Å². The summed E-state index contributed by atoms with van der Waals surface area (Å²) in [6, 6.07) is 25.3. The van der Waals surface area contributed by atoms with Crippen LogP contribution in [0.3, 0.4) is 0 Å². The average Bonchev–Trinajstić information content (AvgIpc) is 3.36. The maximum atomic E-state index is 12.9. The number of nitrogens with one attached hydrogen (secondary N) is 1. The zero-order valence-electron chi connectivity index (χ0n) is 20.9. The van der Waals surface area contributed by atoms with Crippen molar-refractivity contribution in [3.8, 4) is 0 Å². The van der Waals surface area contributed by atoms with Crippen LogP contribution in [0.5, 0.6) is 0 Å². The van der Waals surface area contributed by atoms with Gasteiger partial charge in [0.05, 0.1) is 18.1 Å². The Morgan fingerprint density at radius 3 is 2.24 bits per heavy atom. The van der Waals surface area contributed by atoms with Gasteiger partial charge in [-0.15, -0.1) is 0 Å². The molecule has 0 aliphatic carbocycles. The van der Waals surface area contributed by atoms with Crippen molar-refractivity contribution in [3.05, 3.63) is 102 Å². The fourth-order valence-electron chi connectivity index (χ4n) is 3.92. The number of carbonyl (C=O) groups is 2. The van der Waals surface area contributed by atoms with Crippen molar-refractivity contribution in [1.82, 2.24) is 10.3 Å². The Labute approximate surface area is 222 Å². The van der Waals surface area contributed by atoms with Crippen LogP contribution in [-0.4, -0.2) is 43.5 Å². The summed E-state index contributed by atoms with van der Waals surface area (Å²) in [6.45, 7) is 0.391. The van der Waals surface area contributed by atoms with Gasteiger partial charge in [-0.1, -0.05) is 72.8 Å². The number of sulfone groups is 1. The molecule has 0 bridgehead atoms. The Hall–Kier alpha value is -3.82. The summed E-state index contributed by atoms with van der Waals surface area (Å²) in [5.74, 6) is -1.24. The molecule has 1 atom stereocenters. The molecule has 0 unspecified atom stereocenters. The van der Waals surface area contributed by atoms with Crippen molar-refractivity contribution in [1.29, 1.82) is 0 Å². The third-order valence-electron chi connectivity index (χ3n) is 5.88. The van der Waals surface area contributed by atoms with E-state index in [0.29, 0.717) is 29.5 Å². The Morgan fingerprint density at radius 2 is 1.53 bits per heavy atom. The van der Waals surface area contributed by atoms with Gasteiger partial charge in [0.2, 0.25) is 11.7 Å². The van der Waals surface area contributed by atoms with Gasteiger partial charge in [0, 0.05) is 13.0 Å². The molecule has 0 fully saturated rings. The van der Waals surface area contributed by atoms with E-state index in [1.807, 2.05) is 48.5 Å². The van der Waals surface area contributed by atoms with E-state index in [4.69, 9.17) is 9.15 Å². The van der Waals surface area contributed by atoms with Crippen LogP contribution in [0.25, 0.3) is 11.1 Å². The zero-order valence-corrected chi connectivity index (χ0v) is 21.7. The van der Waals surface area contributed by atoms with Crippen molar-refractivity contribution in [2.45, 2.75) is 37.7 Å². The first-order valence-electron chi connectivity index (χ1n) is 12.5. The minimum Gasteiger partial charge on any atom is -0.434 e. The predicted molar refractivity (Wildman–Crippen MR) is 144 cm³/mol. The van der Waals surface area contributed by atoms with Gasteiger partial charge in [-0.2, -0.15) is 0 Å². The molecule has 198 valence electrons. The van der Waals surface area contributed by atoms with Crippen molar-refractivity contribution < 1.29 is 27.2 Å². The number of hydrogen-bond donors (Lipinski definition) is 1. The highest BCUT2D eigenvalue weighted by Gasteiger charge is 2.27. The Morgan fingerprint density at radius 1 is 0.868 bits per heavy atom. The summed E-state index contributed by atoms with van der Waals surface area (Å²) in [6.07, 6.45) is 0.104. The first-order valence-corrected chi connectivity index (χ1v) is 14.3. The average molecular weight is 535 g/mol. The fraction of sp³-hybridized carbons (Fsp3) is 0.276.